The van der Waals surface area contributed by atoms with Crippen molar-refractivity contribution in [1.29, 1.82) is 0 Å². The molecule has 2 aromatic rings. The zero-order chi connectivity index (χ0) is 15.4. The lowest BCUT2D eigenvalue weighted by Crippen LogP contribution is -2.27. The Kier molecular flexibility index (Phi) is 4.58. The van der Waals surface area contributed by atoms with Crippen molar-refractivity contribution in [2.24, 2.45) is 0 Å². The molecule has 2 rings (SSSR count). The fourth-order valence-corrected chi connectivity index (χ4v) is 2.33. The summed E-state index contributed by atoms with van der Waals surface area (Å²) in [5, 5.41) is 3.12. The van der Waals surface area contributed by atoms with Crippen molar-refractivity contribution in [2.75, 3.05) is 23.8 Å². The molecule has 4 heteroatoms. The summed E-state index contributed by atoms with van der Waals surface area (Å²) in [5.41, 5.74) is 3.83. The number of pyridine rings is 1. The first-order chi connectivity index (χ1) is 10.0. The summed E-state index contributed by atoms with van der Waals surface area (Å²) in [6.07, 6.45) is 1.65. The van der Waals surface area contributed by atoms with Crippen LogP contribution in [0.1, 0.15) is 28.4 Å². The Labute approximate surface area is 125 Å². The minimum atomic E-state index is -0.0384. The summed E-state index contributed by atoms with van der Waals surface area (Å²) < 4.78 is 0. The van der Waals surface area contributed by atoms with Crippen LogP contribution in [0.2, 0.25) is 0 Å². The number of nitrogens with zero attached hydrogens (tertiary/aromatic N) is 2. The number of aryl methyl sites for hydroxylation is 2. The number of nitrogens with one attached hydrogen (secondary N) is 1. The van der Waals surface area contributed by atoms with Gasteiger partial charge in [-0.3, -0.25) is 4.79 Å². The van der Waals surface area contributed by atoms with Crippen LogP contribution in [0, 0.1) is 13.8 Å². The molecule has 0 bridgehead atoms. The van der Waals surface area contributed by atoms with Crippen molar-refractivity contribution >= 4 is 17.4 Å². The molecular weight excluding hydrogens is 262 g/mol. The van der Waals surface area contributed by atoms with Crippen molar-refractivity contribution in [2.45, 2.75) is 20.8 Å². The zero-order valence-electron chi connectivity index (χ0n) is 13.0. The molecule has 0 aliphatic carbocycles. The summed E-state index contributed by atoms with van der Waals surface area (Å²) in [7, 11) is 1.80. The lowest BCUT2D eigenvalue weighted by molar-refractivity contribution is 0.0993. The smallest absolute Gasteiger partial charge is 0.258 e. The van der Waals surface area contributed by atoms with E-state index in [1.807, 2.05) is 32.9 Å². The highest BCUT2D eigenvalue weighted by molar-refractivity contribution is 6.06. The minimum Gasteiger partial charge on any atom is -0.370 e. The Bertz CT molecular complexity index is 652. The van der Waals surface area contributed by atoms with Crippen LogP contribution in [0.5, 0.6) is 0 Å². The van der Waals surface area contributed by atoms with E-state index in [1.165, 1.54) is 5.56 Å². The van der Waals surface area contributed by atoms with Gasteiger partial charge in [-0.15, -0.1) is 0 Å². The van der Waals surface area contributed by atoms with Gasteiger partial charge in [-0.1, -0.05) is 17.7 Å². The highest BCUT2D eigenvalue weighted by Gasteiger charge is 2.15. The number of carbonyl (C=O) groups excluding carboxylic acids is 1. The van der Waals surface area contributed by atoms with E-state index in [9.17, 15) is 4.79 Å². The van der Waals surface area contributed by atoms with Crippen molar-refractivity contribution in [1.82, 2.24) is 4.98 Å². The number of amides is 1. The van der Waals surface area contributed by atoms with Gasteiger partial charge in [0.2, 0.25) is 0 Å². The molecule has 4 nitrogen and oxygen atoms in total. The van der Waals surface area contributed by atoms with Gasteiger partial charge < -0.3 is 10.2 Å². The Balaban J connectivity index is 2.28. The van der Waals surface area contributed by atoms with Crippen LogP contribution in [0.3, 0.4) is 0 Å². The number of benzene rings is 1. The maximum atomic E-state index is 12.6. The lowest BCUT2D eigenvalue weighted by Gasteiger charge is -2.20. The van der Waals surface area contributed by atoms with Crippen LogP contribution in [-0.4, -0.2) is 24.5 Å². The molecule has 21 heavy (non-hydrogen) atoms. The number of aromatic nitrogens is 1. The van der Waals surface area contributed by atoms with Crippen LogP contribution in [-0.2, 0) is 0 Å². The molecule has 1 N–H and O–H groups in total. The van der Waals surface area contributed by atoms with Gasteiger partial charge in [-0.05, 0) is 44.5 Å². The number of hydrogen-bond acceptors (Lipinski definition) is 3. The van der Waals surface area contributed by atoms with Crippen molar-refractivity contribution in [3.05, 3.63) is 53.2 Å². The van der Waals surface area contributed by atoms with Gasteiger partial charge in [0.05, 0.1) is 0 Å². The molecule has 0 unspecified atom stereocenters. The second-order valence-electron chi connectivity index (χ2n) is 5.11. The summed E-state index contributed by atoms with van der Waals surface area (Å²) in [5.74, 6) is 0.681. The number of anilines is 2. The first kappa shape index (κ1) is 15.0. The molecule has 1 aromatic heterocycles. The first-order valence-electron chi connectivity index (χ1n) is 7.08. The topological polar surface area (TPSA) is 45.2 Å². The Morgan fingerprint density at radius 1 is 1.24 bits per heavy atom. The fourth-order valence-electron chi connectivity index (χ4n) is 2.33. The van der Waals surface area contributed by atoms with Gasteiger partial charge in [0.15, 0.2) is 0 Å². The maximum absolute atomic E-state index is 12.6. The molecule has 0 radical (unpaired) electrons. The van der Waals surface area contributed by atoms with E-state index in [0.717, 1.165) is 23.6 Å². The zero-order valence-corrected chi connectivity index (χ0v) is 13.0. The average molecular weight is 283 g/mol. The SMILES string of the molecule is CCNc1cc(C(=O)N(C)c2ccc(C)cc2C)ccn1. The van der Waals surface area contributed by atoms with Crippen molar-refractivity contribution in [3.8, 4) is 0 Å². The molecule has 1 aromatic carbocycles. The molecule has 0 fully saturated rings. The normalized spacial score (nSPS) is 10.3. The third kappa shape index (κ3) is 3.40. The minimum absolute atomic E-state index is 0.0384. The molecular formula is C17H21N3O. The molecule has 0 atom stereocenters. The van der Waals surface area contributed by atoms with Crippen LogP contribution in [0.4, 0.5) is 11.5 Å². The molecule has 0 aliphatic rings. The van der Waals surface area contributed by atoms with Gasteiger partial charge in [0.25, 0.3) is 5.91 Å². The maximum Gasteiger partial charge on any atom is 0.258 e. The molecule has 0 saturated carbocycles. The van der Waals surface area contributed by atoms with Gasteiger partial charge in [0, 0.05) is 31.0 Å². The molecule has 1 heterocycles. The average Bonchev–Trinajstić information content (AvgIpc) is 2.46. The highest BCUT2D eigenvalue weighted by Crippen LogP contribution is 2.22. The third-order valence-corrected chi connectivity index (χ3v) is 3.38. The van der Waals surface area contributed by atoms with Crippen molar-refractivity contribution < 1.29 is 4.79 Å². The summed E-state index contributed by atoms with van der Waals surface area (Å²) >= 11 is 0. The largest absolute Gasteiger partial charge is 0.370 e. The van der Waals surface area contributed by atoms with E-state index in [1.54, 1.807) is 30.3 Å². The van der Waals surface area contributed by atoms with Crippen LogP contribution in [0.25, 0.3) is 0 Å². The molecule has 0 spiro atoms. The number of rotatable bonds is 4. The summed E-state index contributed by atoms with van der Waals surface area (Å²) in [6.45, 7) is 6.84. The molecule has 1 amide bonds. The molecule has 0 aliphatic heterocycles. The van der Waals surface area contributed by atoms with Gasteiger partial charge >= 0.3 is 0 Å². The summed E-state index contributed by atoms with van der Waals surface area (Å²) in [6, 6.07) is 9.60. The Hall–Kier alpha value is -2.36. The predicted octanol–water partition coefficient (Wildman–Crippen LogP) is 3.41. The first-order valence-corrected chi connectivity index (χ1v) is 7.08. The van der Waals surface area contributed by atoms with E-state index in [-0.39, 0.29) is 5.91 Å². The van der Waals surface area contributed by atoms with E-state index >= 15 is 0 Å². The monoisotopic (exact) mass is 283 g/mol. The van der Waals surface area contributed by atoms with Crippen molar-refractivity contribution in [3.63, 3.8) is 0 Å². The van der Waals surface area contributed by atoms with E-state index in [2.05, 4.69) is 16.4 Å². The van der Waals surface area contributed by atoms with E-state index in [4.69, 9.17) is 0 Å². The number of hydrogen-bond donors (Lipinski definition) is 1. The predicted molar refractivity (Wildman–Crippen MR) is 87.1 cm³/mol. The standard InChI is InChI=1S/C17H21N3O/c1-5-18-16-11-14(8-9-19-16)17(21)20(4)15-7-6-12(2)10-13(15)3/h6-11H,5H2,1-4H3,(H,18,19). The van der Waals surface area contributed by atoms with Crippen LogP contribution < -0.4 is 10.2 Å². The second kappa shape index (κ2) is 6.39. The Morgan fingerprint density at radius 2 is 2.00 bits per heavy atom. The molecule has 0 saturated heterocycles. The van der Waals surface area contributed by atoms with Gasteiger partial charge in [0.1, 0.15) is 5.82 Å². The van der Waals surface area contributed by atoms with E-state index in [0.29, 0.717) is 5.56 Å². The highest BCUT2D eigenvalue weighted by atomic mass is 16.2. The third-order valence-electron chi connectivity index (χ3n) is 3.38. The quantitative estimate of drug-likeness (QED) is 0.935. The second-order valence-corrected chi connectivity index (χ2v) is 5.11. The molecule has 110 valence electrons. The Morgan fingerprint density at radius 3 is 2.67 bits per heavy atom. The van der Waals surface area contributed by atoms with Gasteiger partial charge in [-0.2, -0.15) is 0 Å². The van der Waals surface area contributed by atoms with Crippen LogP contribution in [0.15, 0.2) is 36.5 Å². The van der Waals surface area contributed by atoms with Gasteiger partial charge in [-0.25, -0.2) is 4.98 Å². The number of carbonyl (C=O) groups is 1. The summed E-state index contributed by atoms with van der Waals surface area (Å²) in [4.78, 5) is 18.5. The lowest BCUT2D eigenvalue weighted by atomic mass is 10.1. The van der Waals surface area contributed by atoms with Crippen LogP contribution >= 0.6 is 0 Å². The fraction of sp³-hybridized carbons (Fsp3) is 0.294. The van der Waals surface area contributed by atoms with E-state index < -0.39 is 0 Å².